The monoisotopic (exact) mass is 296 g/mol. The van der Waals surface area contributed by atoms with Gasteiger partial charge in [-0.15, -0.1) is 11.3 Å². The zero-order valence-electron chi connectivity index (χ0n) is 12.2. The highest BCUT2D eigenvalue weighted by atomic mass is 32.1. The van der Waals surface area contributed by atoms with E-state index in [9.17, 15) is 9.59 Å². The van der Waals surface area contributed by atoms with E-state index in [2.05, 4.69) is 17.2 Å². The summed E-state index contributed by atoms with van der Waals surface area (Å²) in [5, 5.41) is 4.95. The summed E-state index contributed by atoms with van der Waals surface area (Å²) in [4.78, 5) is 27.1. The number of carbonyl (C=O) groups excluding carboxylic acids is 2. The summed E-state index contributed by atoms with van der Waals surface area (Å²) < 4.78 is 0. The molecule has 112 valence electrons. The highest BCUT2D eigenvalue weighted by Crippen LogP contribution is 2.08. The van der Waals surface area contributed by atoms with Crippen molar-refractivity contribution in [3.05, 3.63) is 16.6 Å². The van der Waals surface area contributed by atoms with Crippen molar-refractivity contribution < 1.29 is 9.59 Å². The third kappa shape index (κ3) is 7.38. The molecule has 1 heterocycles. The average molecular weight is 296 g/mol. The van der Waals surface area contributed by atoms with Gasteiger partial charge in [0, 0.05) is 18.1 Å². The van der Waals surface area contributed by atoms with E-state index in [4.69, 9.17) is 0 Å². The number of nitrogens with one attached hydrogen (secondary N) is 1. The maximum Gasteiger partial charge on any atom is 0.227 e. The molecule has 0 aliphatic heterocycles. The van der Waals surface area contributed by atoms with Crippen LogP contribution in [0.5, 0.6) is 0 Å². The van der Waals surface area contributed by atoms with Crippen LogP contribution < -0.4 is 5.32 Å². The van der Waals surface area contributed by atoms with E-state index in [1.807, 2.05) is 0 Å². The van der Waals surface area contributed by atoms with Gasteiger partial charge in [0.2, 0.25) is 11.7 Å². The van der Waals surface area contributed by atoms with Crippen LogP contribution in [-0.2, 0) is 4.79 Å². The first kappa shape index (κ1) is 16.8. The lowest BCUT2D eigenvalue weighted by atomic mass is 10.1. The fourth-order valence-electron chi connectivity index (χ4n) is 1.96. The molecule has 0 aliphatic rings. The highest BCUT2D eigenvalue weighted by Gasteiger charge is 2.13. The first-order valence-electron chi connectivity index (χ1n) is 7.43. The van der Waals surface area contributed by atoms with Gasteiger partial charge in [0.25, 0.3) is 0 Å². The summed E-state index contributed by atoms with van der Waals surface area (Å²) in [6.45, 7) is 2.88. The summed E-state index contributed by atoms with van der Waals surface area (Å²) in [6, 6.07) is 0. The number of aromatic nitrogens is 1. The van der Waals surface area contributed by atoms with Crippen LogP contribution in [0.25, 0.3) is 0 Å². The van der Waals surface area contributed by atoms with Gasteiger partial charge in [-0.3, -0.25) is 9.59 Å². The zero-order valence-corrected chi connectivity index (χ0v) is 13.0. The Hall–Kier alpha value is -1.23. The molecule has 1 N–H and O–H groups in total. The minimum atomic E-state index is -0.198. The number of thiazole rings is 1. The lowest BCUT2D eigenvalue weighted by molar-refractivity contribution is -0.120. The second-order valence-corrected chi connectivity index (χ2v) is 5.80. The quantitative estimate of drug-likeness (QED) is 0.386. The summed E-state index contributed by atoms with van der Waals surface area (Å²) >= 11 is 1.27. The number of rotatable bonds is 11. The molecule has 0 saturated heterocycles. The predicted molar refractivity (Wildman–Crippen MR) is 82.1 cm³/mol. The van der Waals surface area contributed by atoms with E-state index in [1.54, 1.807) is 11.6 Å². The molecule has 0 radical (unpaired) electrons. The largest absolute Gasteiger partial charge is 0.356 e. The number of carbonyl (C=O) groups is 2. The maximum absolute atomic E-state index is 11.6. The Kier molecular flexibility index (Phi) is 8.87. The third-order valence-corrected chi connectivity index (χ3v) is 3.91. The van der Waals surface area contributed by atoms with Gasteiger partial charge in [-0.25, -0.2) is 4.98 Å². The van der Waals surface area contributed by atoms with E-state index in [0.717, 1.165) is 12.8 Å². The summed E-state index contributed by atoms with van der Waals surface area (Å²) in [7, 11) is 0. The van der Waals surface area contributed by atoms with Crippen LogP contribution in [0.15, 0.2) is 11.6 Å². The molecule has 5 heteroatoms. The molecule has 0 fully saturated rings. The van der Waals surface area contributed by atoms with E-state index >= 15 is 0 Å². The van der Waals surface area contributed by atoms with E-state index in [1.165, 1.54) is 43.4 Å². The van der Waals surface area contributed by atoms with Crippen LogP contribution in [0.4, 0.5) is 0 Å². The van der Waals surface area contributed by atoms with E-state index < -0.39 is 0 Å². The number of unbranched alkanes of at least 4 members (excludes halogenated alkanes) is 6. The molecule has 1 aromatic rings. The summed E-state index contributed by atoms with van der Waals surface area (Å²) in [6.07, 6.45) is 10.0. The Balaban J connectivity index is 1.99. The maximum atomic E-state index is 11.6. The number of nitrogens with zero attached hydrogens (tertiary/aromatic N) is 1. The minimum Gasteiger partial charge on any atom is -0.356 e. The topological polar surface area (TPSA) is 59.1 Å². The van der Waals surface area contributed by atoms with Crippen molar-refractivity contribution in [3.8, 4) is 0 Å². The molecule has 0 atom stereocenters. The molecule has 0 spiro atoms. The van der Waals surface area contributed by atoms with Gasteiger partial charge in [-0.2, -0.15) is 0 Å². The molecule has 0 unspecified atom stereocenters. The van der Waals surface area contributed by atoms with Gasteiger partial charge in [0.05, 0.1) is 6.42 Å². The number of ketones is 1. The van der Waals surface area contributed by atoms with Crippen molar-refractivity contribution in [2.75, 3.05) is 6.54 Å². The lowest BCUT2D eigenvalue weighted by Gasteiger charge is -2.04. The molecule has 0 bridgehead atoms. The Bertz CT molecular complexity index is 391. The Morgan fingerprint density at radius 2 is 1.85 bits per heavy atom. The van der Waals surface area contributed by atoms with Crippen LogP contribution in [0.2, 0.25) is 0 Å². The van der Waals surface area contributed by atoms with Crippen LogP contribution in [0.3, 0.4) is 0 Å². The molecule has 1 rings (SSSR count). The van der Waals surface area contributed by atoms with Gasteiger partial charge in [0.1, 0.15) is 0 Å². The van der Waals surface area contributed by atoms with Crippen molar-refractivity contribution in [2.24, 2.45) is 0 Å². The molecule has 0 aliphatic carbocycles. The fourth-order valence-corrected chi connectivity index (χ4v) is 2.53. The van der Waals surface area contributed by atoms with E-state index in [0.29, 0.717) is 11.6 Å². The lowest BCUT2D eigenvalue weighted by Crippen LogP contribution is -2.26. The van der Waals surface area contributed by atoms with Crippen molar-refractivity contribution in [1.29, 1.82) is 0 Å². The average Bonchev–Trinajstić information content (AvgIpc) is 2.96. The molecule has 0 aromatic carbocycles. The SMILES string of the molecule is CCCCCCCCCNC(=O)CC(=O)c1nccs1. The molecular formula is C15H24N2O2S. The van der Waals surface area contributed by atoms with Crippen molar-refractivity contribution in [1.82, 2.24) is 10.3 Å². The number of amides is 1. The summed E-state index contributed by atoms with van der Waals surface area (Å²) in [5.74, 6) is -0.395. The number of hydrogen-bond donors (Lipinski definition) is 1. The van der Waals surface area contributed by atoms with Crippen LogP contribution in [0, 0.1) is 0 Å². The first-order chi connectivity index (χ1) is 9.74. The number of hydrogen-bond acceptors (Lipinski definition) is 4. The Labute approximate surface area is 125 Å². The first-order valence-corrected chi connectivity index (χ1v) is 8.31. The van der Waals surface area contributed by atoms with Crippen LogP contribution in [0.1, 0.15) is 68.1 Å². The van der Waals surface area contributed by atoms with Crippen LogP contribution in [-0.4, -0.2) is 23.2 Å². The molecule has 0 saturated carbocycles. The van der Waals surface area contributed by atoms with Gasteiger partial charge < -0.3 is 5.32 Å². The predicted octanol–water partition coefficient (Wildman–Crippen LogP) is 3.58. The molecule has 20 heavy (non-hydrogen) atoms. The zero-order chi connectivity index (χ0) is 14.6. The van der Waals surface area contributed by atoms with Crippen molar-refractivity contribution >= 4 is 23.0 Å². The van der Waals surface area contributed by atoms with Gasteiger partial charge in [0.15, 0.2) is 5.01 Å². The van der Waals surface area contributed by atoms with Gasteiger partial charge in [-0.05, 0) is 6.42 Å². The molecule has 4 nitrogen and oxygen atoms in total. The summed E-state index contributed by atoms with van der Waals surface area (Å²) in [5.41, 5.74) is 0. The molecule has 1 amide bonds. The van der Waals surface area contributed by atoms with Crippen molar-refractivity contribution in [2.45, 2.75) is 58.3 Å². The Morgan fingerprint density at radius 1 is 1.15 bits per heavy atom. The van der Waals surface area contributed by atoms with Gasteiger partial charge >= 0.3 is 0 Å². The standard InChI is InChI=1S/C15H24N2O2S/c1-2-3-4-5-6-7-8-9-16-14(19)12-13(18)15-17-10-11-20-15/h10-11H,2-9,12H2,1H3,(H,16,19). The van der Waals surface area contributed by atoms with Crippen molar-refractivity contribution in [3.63, 3.8) is 0 Å². The second kappa shape index (κ2) is 10.5. The van der Waals surface area contributed by atoms with Crippen LogP contribution >= 0.6 is 11.3 Å². The highest BCUT2D eigenvalue weighted by molar-refractivity contribution is 7.11. The molecular weight excluding hydrogens is 272 g/mol. The minimum absolute atomic E-state index is 0.0932. The fraction of sp³-hybridized carbons (Fsp3) is 0.667. The van der Waals surface area contributed by atoms with Gasteiger partial charge in [-0.1, -0.05) is 45.4 Å². The second-order valence-electron chi connectivity index (χ2n) is 4.91. The third-order valence-electron chi connectivity index (χ3n) is 3.09. The Morgan fingerprint density at radius 3 is 2.50 bits per heavy atom. The smallest absolute Gasteiger partial charge is 0.227 e. The molecule has 1 aromatic heterocycles. The van der Waals surface area contributed by atoms with E-state index in [-0.39, 0.29) is 18.1 Å². The number of Topliss-reactive ketones (excluding diaryl/α,β-unsaturated/α-hetero) is 1. The normalized spacial score (nSPS) is 10.4.